The highest BCUT2D eigenvalue weighted by atomic mass is 28.1. The Morgan fingerprint density at radius 2 is 1.60 bits per heavy atom. The summed E-state index contributed by atoms with van der Waals surface area (Å²) in [6.45, 7) is 0. The standard InChI is InChI=1S/HNO2.H2O.Si/c2-1-3;;/h(H,2,3);1H2;/q;;+2/p-2. The van der Waals surface area contributed by atoms with Crippen molar-refractivity contribution in [2.24, 2.45) is 5.34 Å². The molecule has 0 unspecified atom stereocenters. The fourth-order valence-corrected chi connectivity index (χ4v) is 0. The molecule has 2 radical (unpaired) electrons. The molecule has 0 fully saturated rings. The van der Waals surface area contributed by atoms with Gasteiger partial charge in [0.1, 0.15) is 0 Å². The van der Waals surface area contributed by atoms with Gasteiger partial charge < -0.3 is 15.6 Å². The summed E-state index contributed by atoms with van der Waals surface area (Å²) in [5.74, 6) is 0. The molecule has 0 rings (SSSR count). The zero-order chi connectivity index (χ0) is 2.71. The fourth-order valence-electron chi connectivity index (χ4n) is 0. The van der Waals surface area contributed by atoms with Crippen molar-refractivity contribution in [2.75, 3.05) is 0 Å². The minimum absolute atomic E-state index is 0. The number of hydrogen-bond acceptors (Lipinski definition) is 4. The molecule has 0 aromatic carbocycles. The molecule has 0 amide bonds. The number of rotatable bonds is 0. The Morgan fingerprint density at radius 1 is 1.60 bits per heavy atom. The monoisotopic (exact) mass is 91.0 g/mol. The van der Waals surface area contributed by atoms with Crippen LogP contribution in [0.25, 0.3) is 0 Å². The molecule has 0 aromatic rings. The second-order valence-corrected chi connectivity index (χ2v) is 0.0745. The highest BCUT2D eigenvalue weighted by Crippen LogP contribution is 1.34. The third-order valence-electron chi connectivity index (χ3n) is 0. The highest BCUT2D eigenvalue weighted by molar-refractivity contribution is 5.75. The van der Waals surface area contributed by atoms with Gasteiger partial charge in [0, 0.05) is 0 Å². The molecule has 0 atom stereocenters. The normalized spacial score (nSPS) is 2.40. The van der Waals surface area contributed by atoms with E-state index in [1.807, 2.05) is 0 Å². The van der Waals surface area contributed by atoms with Gasteiger partial charge >= 0.3 is 11.0 Å². The maximum absolute atomic E-state index is 8.00. The molecule has 0 aromatic heterocycles. The Hall–Kier alpha value is -0.423. The van der Waals surface area contributed by atoms with Gasteiger partial charge in [-0.25, -0.2) is 0 Å². The third kappa shape index (κ3) is 49.7. The molecule has 5 heavy (non-hydrogen) atoms. The van der Waals surface area contributed by atoms with E-state index in [1.54, 1.807) is 0 Å². The summed E-state index contributed by atoms with van der Waals surface area (Å²) in [5.41, 5.74) is 0. The lowest BCUT2D eigenvalue weighted by Gasteiger charge is -1.51. The first kappa shape index (κ1) is 23.5. The van der Waals surface area contributed by atoms with Crippen molar-refractivity contribution in [1.29, 1.82) is 0 Å². The molecule has 5 heteroatoms. The predicted octanol–water partition coefficient (Wildman–Crippen LogP) is -0.307. The third-order valence-corrected chi connectivity index (χ3v) is 0. The van der Waals surface area contributed by atoms with Gasteiger partial charge in [-0.3, -0.25) is 0 Å². The topological polar surface area (TPSA) is 82.5 Å². The maximum Gasteiger partial charge on any atom is 2.00 e. The lowest BCUT2D eigenvalue weighted by molar-refractivity contribution is 0.824. The van der Waals surface area contributed by atoms with E-state index in [1.165, 1.54) is 0 Å². The highest BCUT2D eigenvalue weighted by Gasteiger charge is 2.00. The molecule has 1 N–H and O–H groups in total. The van der Waals surface area contributed by atoms with Crippen molar-refractivity contribution >= 4 is 11.0 Å². The Kier molecular flexibility index (Phi) is 336. The largest absolute Gasteiger partial charge is 2.00 e. The molecule has 0 aliphatic carbocycles. The predicted molar refractivity (Wildman–Crippen MR) is 16.9 cm³/mol. The van der Waals surface area contributed by atoms with Crippen molar-refractivity contribution in [3.8, 4) is 0 Å². The minimum atomic E-state index is 0. The van der Waals surface area contributed by atoms with Crippen molar-refractivity contribution in [3.05, 3.63) is 10.1 Å². The van der Waals surface area contributed by atoms with Crippen LogP contribution in [0.3, 0.4) is 0 Å². The van der Waals surface area contributed by atoms with Crippen LogP contribution >= 0.6 is 0 Å². The van der Waals surface area contributed by atoms with Crippen LogP contribution in [0, 0.1) is 10.1 Å². The average Bonchev–Trinajstić information content (AvgIpc) is 0.918. The number of nitrogens with zero attached hydrogens (tertiary/aromatic N) is 1. The van der Waals surface area contributed by atoms with E-state index in [4.69, 9.17) is 10.1 Å². The zero-order valence-electron chi connectivity index (χ0n) is 2.21. The van der Waals surface area contributed by atoms with Crippen LogP contribution in [0.5, 0.6) is 0 Å². The second-order valence-electron chi connectivity index (χ2n) is 0.0745. The van der Waals surface area contributed by atoms with Crippen LogP contribution in [0.2, 0.25) is 0 Å². The quantitative estimate of drug-likeness (QED) is 0.233. The van der Waals surface area contributed by atoms with Crippen LogP contribution in [-0.2, 0) is 0 Å². The summed E-state index contributed by atoms with van der Waals surface area (Å²) in [4.78, 5) is 8.00. The molecular weight excluding hydrogens is 90.1 g/mol. The van der Waals surface area contributed by atoms with Crippen LogP contribution in [-0.4, -0.2) is 16.4 Å². The van der Waals surface area contributed by atoms with Crippen LogP contribution < -0.4 is 0 Å². The van der Waals surface area contributed by atoms with Gasteiger partial charge in [-0.05, 0) is 0 Å². The van der Waals surface area contributed by atoms with Crippen molar-refractivity contribution in [2.45, 2.75) is 0 Å². The van der Waals surface area contributed by atoms with E-state index in [-0.39, 0.29) is 16.4 Å². The Balaban J connectivity index is -0.0000000200. The zero-order valence-corrected chi connectivity index (χ0v) is 3.21. The summed E-state index contributed by atoms with van der Waals surface area (Å²) in [7, 11) is 0. The SMILES string of the molecule is O=N[O-].[OH-].[Si+2]. The van der Waals surface area contributed by atoms with Crippen LogP contribution in [0.15, 0.2) is 5.34 Å². The van der Waals surface area contributed by atoms with E-state index >= 15 is 0 Å². The Bertz CT molecular complexity index is 14.4. The van der Waals surface area contributed by atoms with Gasteiger partial charge in [-0.15, -0.1) is 5.34 Å². The van der Waals surface area contributed by atoms with E-state index in [9.17, 15) is 0 Å². The summed E-state index contributed by atoms with van der Waals surface area (Å²) >= 11 is 0. The van der Waals surface area contributed by atoms with Crippen molar-refractivity contribution < 1.29 is 5.48 Å². The summed E-state index contributed by atoms with van der Waals surface area (Å²) in [6.07, 6.45) is 0. The van der Waals surface area contributed by atoms with Gasteiger partial charge in [0.15, 0.2) is 0 Å². The van der Waals surface area contributed by atoms with E-state index in [0.29, 0.717) is 0 Å². The van der Waals surface area contributed by atoms with E-state index in [2.05, 4.69) is 0 Å². The number of hydrogen-bond donors (Lipinski definition) is 0. The van der Waals surface area contributed by atoms with Crippen molar-refractivity contribution in [1.82, 2.24) is 0 Å². The molecule has 0 aliphatic heterocycles. The van der Waals surface area contributed by atoms with Gasteiger partial charge in [0.05, 0.1) is 0 Å². The molecule has 0 aliphatic rings. The van der Waals surface area contributed by atoms with Gasteiger partial charge in [-0.2, -0.15) is 0 Å². The molecule has 0 bridgehead atoms. The molecule has 0 saturated heterocycles. The molecule has 0 heterocycles. The first-order chi connectivity index (χ1) is 1.41. The molecule has 0 spiro atoms. The van der Waals surface area contributed by atoms with Gasteiger partial charge in [0.2, 0.25) is 0 Å². The first-order valence-electron chi connectivity index (χ1n) is 0.365. The van der Waals surface area contributed by atoms with E-state index in [0.717, 1.165) is 5.34 Å². The Morgan fingerprint density at radius 3 is 1.60 bits per heavy atom. The average molecular weight is 91.1 g/mol. The molecule has 0 saturated carbocycles. The van der Waals surface area contributed by atoms with E-state index < -0.39 is 0 Å². The van der Waals surface area contributed by atoms with Gasteiger partial charge in [-0.1, -0.05) is 0 Å². The first-order valence-corrected chi connectivity index (χ1v) is 0.365. The van der Waals surface area contributed by atoms with Gasteiger partial charge in [0.25, 0.3) is 0 Å². The lowest BCUT2D eigenvalue weighted by Crippen LogP contribution is -1.12. The molecule has 28 valence electrons. The van der Waals surface area contributed by atoms with Crippen LogP contribution in [0.4, 0.5) is 0 Å². The smallest absolute Gasteiger partial charge is 0.870 e. The van der Waals surface area contributed by atoms with Crippen molar-refractivity contribution in [3.63, 3.8) is 0 Å². The lowest BCUT2D eigenvalue weighted by atomic mass is 13.4. The molecule has 4 nitrogen and oxygen atoms in total. The summed E-state index contributed by atoms with van der Waals surface area (Å²) < 4.78 is 0. The minimum Gasteiger partial charge on any atom is -0.870 e. The molecular formula is HNO3Si. The van der Waals surface area contributed by atoms with Crippen LogP contribution in [0.1, 0.15) is 0 Å². The maximum atomic E-state index is 8.00. The summed E-state index contributed by atoms with van der Waals surface area (Å²) in [5, 5.41) is 9.00. The Labute approximate surface area is 33.1 Å². The summed E-state index contributed by atoms with van der Waals surface area (Å²) in [6, 6.07) is 0. The second kappa shape index (κ2) is 71.4. The fraction of sp³-hybridized carbons (Fsp3) is 0.